The van der Waals surface area contributed by atoms with Crippen molar-refractivity contribution in [3.8, 4) is 0 Å². The van der Waals surface area contributed by atoms with Gasteiger partial charge in [0.15, 0.2) is 0 Å². The molecule has 4 nitrogen and oxygen atoms in total. The Morgan fingerprint density at radius 1 is 1.26 bits per heavy atom. The fourth-order valence-corrected chi connectivity index (χ4v) is 1.04. The van der Waals surface area contributed by atoms with Gasteiger partial charge in [-0.1, -0.05) is 32.9 Å². The van der Waals surface area contributed by atoms with E-state index >= 15 is 0 Å². The van der Waals surface area contributed by atoms with Gasteiger partial charge >= 0.3 is 11.9 Å². The summed E-state index contributed by atoms with van der Waals surface area (Å²) in [7, 11) is 0. The Balaban J connectivity index is 0. The maximum absolute atomic E-state index is 11.4. The first-order valence-corrected chi connectivity index (χ1v) is 6.40. The average molecular weight is 270 g/mol. The van der Waals surface area contributed by atoms with E-state index in [4.69, 9.17) is 9.84 Å². The smallest absolute Gasteiger partial charge is 0.333 e. The first-order chi connectivity index (χ1) is 8.64. The summed E-state index contributed by atoms with van der Waals surface area (Å²) in [6.07, 6.45) is 4.90. The number of esters is 1. The predicted molar refractivity (Wildman–Crippen MR) is 77.0 cm³/mol. The summed E-state index contributed by atoms with van der Waals surface area (Å²) in [5, 5.41) is 7.60. The minimum Gasteiger partial charge on any atom is -0.478 e. The highest BCUT2D eigenvalue weighted by Crippen LogP contribution is 2.14. The van der Waals surface area contributed by atoms with Gasteiger partial charge in [-0.3, -0.25) is 0 Å². The highest BCUT2D eigenvalue weighted by atomic mass is 16.6. The topological polar surface area (TPSA) is 63.6 Å². The molecular formula is C15H26O4. The Morgan fingerprint density at radius 3 is 2.05 bits per heavy atom. The molecule has 0 aromatic heterocycles. The lowest BCUT2D eigenvalue weighted by Crippen LogP contribution is -2.24. The van der Waals surface area contributed by atoms with E-state index in [9.17, 15) is 9.59 Å². The highest BCUT2D eigenvalue weighted by Gasteiger charge is 2.17. The van der Waals surface area contributed by atoms with Crippen molar-refractivity contribution >= 4 is 11.9 Å². The summed E-state index contributed by atoms with van der Waals surface area (Å²) in [6, 6.07) is 0. The molecule has 0 bridgehead atoms. The number of aliphatic carboxylic acids is 1. The first kappa shape index (κ1) is 19.8. The summed E-state index contributed by atoms with van der Waals surface area (Å²) in [4.78, 5) is 20.7. The third-order valence-corrected chi connectivity index (χ3v) is 1.94. The van der Waals surface area contributed by atoms with Crippen LogP contribution in [0.2, 0.25) is 0 Å². The number of carboxylic acids is 1. The van der Waals surface area contributed by atoms with Crippen LogP contribution in [0.1, 0.15) is 53.4 Å². The Bertz CT molecular complexity index is 311. The average Bonchev–Trinajstić information content (AvgIpc) is 2.27. The minimum absolute atomic E-state index is 0.256. The molecule has 4 heteroatoms. The second-order valence-corrected chi connectivity index (χ2v) is 5.10. The molecule has 0 saturated heterocycles. The van der Waals surface area contributed by atoms with Crippen molar-refractivity contribution in [2.75, 3.05) is 0 Å². The van der Waals surface area contributed by atoms with Crippen LogP contribution in [0.25, 0.3) is 0 Å². The van der Waals surface area contributed by atoms with Crippen LogP contribution in [-0.4, -0.2) is 22.6 Å². The number of carbonyl (C=O) groups is 2. The van der Waals surface area contributed by atoms with Crippen molar-refractivity contribution in [1.29, 1.82) is 0 Å². The van der Waals surface area contributed by atoms with Gasteiger partial charge in [-0.15, -0.1) is 0 Å². The molecule has 1 N–H and O–H groups in total. The van der Waals surface area contributed by atoms with Crippen molar-refractivity contribution in [2.45, 2.75) is 59.0 Å². The lowest BCUT2D eigenvalue weighted by Gasteiger charge is -2.20. The van der Waals surface area contributed by atoms with E-state index < -0.39 is 11.6 Å². The van der Waals surface area contributed by atoms with Crippen LogP contribution in [0.5, 0.6) is 0 Å². The van der Waals surface area contributed by atoms with Crippen LogP contribution < -0.4 is 0 Å². The zero-order valence-corrected chi connectivity index (χ0v) is 12.5. The van der Waals surface area contributed by atoms with Crippen molar-refractivity contribution < 1.29 is 19.4 Å². The molecule has 0 spiro atoms. The largest absolute Gasteiger partial charge is 0.478 e. The van der Waals surface area contributed by atoms with Crippen LogP contribution in [0.3, 0.4) is 0 Å². The molecular weight excluding hydrogens is 244 g/mol. The van der Waals surface area contributed by atoms with Crippen molar-refractivity contribution in [2.24, 2.45) is 0 Å². The third-order valence-electron chi connectivity index (χ3n) is 1.94. The third kappa shape index (κ3) is 16.4. The number of hydrogen-bond donors (Lipinski definition) is 1. The fraction of sp³-hybridized carbons (Fsp3) is 0.600. The zero-order chi connectivity index (χ0) is 15.5. The molecule has 19 heavy (non-hydrogen) atoms. The van der Waals surface area contributed by atoms with E-state index in [1.165, 1.54) is 0 Å². The Kier molecular flexibility index (Phi) is 10.8. The molecule has 0 unspecified atom stereocenters. The summed E-state index contributed by atoms with van der Waals surface area (Å²) in [6.45, 7) is 14.4. The molecule has 0 saturated carbocycles. The quantitative estimate of drug-likeness (QED) is 0.454. The van der Waals surface area contributed by atoms with Crippen LogP contribution >= 0.6 is 0 Å². The molecule has 0 fully saturated rings. The van der Waals surface area contributed by atoms with Crippen molar-refractivity contribution in [1.82, 2.24) is 0 Å². The number of unbranched alkanes of at least 4 members (excludes halogenated alkanes) is 2. The van der Waals surface area contributed by atoms with E-state index in [2.05, 4.69) is 20.1 Å². The molecule has 0 aliphatic carbocycles. The molecule has 0 aromatic carbocycles. The maximum atomic E-state index is 11.4. The molecule has 0 heterocycles. The van der Waals surface area contributed by atoms with Crippen LogP contribution in [0.15, 0.2) is 24.8 Å². The summed E-state index contributed by atoms with van der Waals surface area (Å²) < 4.78 is 5.19. The molecule has 0 aromatic rings. The molecule has 110 valence electrons. The van der Waals surface area contributed by atoms with E-state index in [-0.39, 0.29) is 5.97 Å². The summed E-state index contributed by atoms with van der Waals surface area (Å²) in [5.74, 6) is -1.24. The van der Waals surface area contributed by atoms with E-state index in [0.717, 1.165) is 31.8 Å². The second-order valence-electron chi connectivity index (χ2n) is 5.10. The standard InChI is InChI=1S/C12H22O2.C3H4O2/c1-6-7-8-9-10(2)11(13)14-12(3,4)5;1-2-3(4)5/h2,6-9H2,1,3-5H3;2H,1H2,(H,4,5). The lowest BCUT2D eigenvalue weighted by atomic mass is 10.1. The van der Waals surface area contributed by atoms with Crippen molar-refractivity contribution in [3.63, 3.8) is 0 Å². The van der Waals surface area contributed by atoms with Crippen LogP contribution in [-0.2, 0) is 14.3 Å². The van der Waals surface area contributed by atoms with Crippen LogP contribution in [0, 0.1) is 0 Å². The zero-order valence-electron chi connectivity index (χ0n) is 12.5. The number of ether oxygens (including phenoxy) is 1. The molecule has 0 aliphatic heterocycles. The molecule has 0 amide bonds. The van der Waals surface area contributed by atoms with Gasteiger partial charge in [-0.2, -0.15) is 0 Å². The van der Waals surface area contributed by atoms with Crippen molar-refractivity contribution in [3.05, 3.63) is 24.8 Å². The lowest BCUT2D eigenvalue weighted by molar-refractivity contribution is -0.150. The predicted octanol–water partition coefficient (Wildman–Crippen LogP) is 3.72. The van der Waals surface area contributed by atoms with Gasteiger partial charge in [-0.05, 0) is 33.6 Å². The number of rotatable bonds is 6. The van der Waals surface area contributed by atoms with Gasteiger partial charge < -0.3 is 9.84 Å². The first-order valence-electron chi connectivity index (χ1n) is 6.40. The number of hydrogen-bond acceptors (Lipinski definition) is 3. The van der Waals surface area contributed by atoms with Crippen LogP contribution in [0.4, 0.5) is 0 Å². The second kappa shape index (κ2) is 10.4. The number of carboxylic acid groups (broad SMARTS) is 1. The van der Waals surface area contributed by atoms with Gasteiger partial charge in [0.05, 0.1) is 0 Å². The van der Waals surface area contributed by atoms with E-state index in [1.807, 2.05) is 20.8 Å². The Morgan fingerprint density at radius 2 is 1.74 bits per heavy atom. The molecule has 0 aliphatic rings. The van der Waals surface area contributed by atoms with E-state index in [0.29, 0.717) is 5.57 Å². The summed E-state index contributed by atoms with van der Waals surface area (Å²) >= 11 is 0. The Hall–Kier alpha value is -1.58. The van der Waals surface area contributed by atoms with Gasteiger partial charge in [-0.25, -0.2) is 9.59 Å². The summed E-state index contributed by atoms with van der Waals surface area (Å²) in [5.41, 5.74) is 0.179. The SMILES string of the molecule is C=C(CCCCC)C(=O)OC(C)(C)C.C=CC(=O)O. The van der Waals surface area contributed by atoms with E-state index in [1.54, 1.807) is 0 Å². The van der Waals surface area contributed by atoms with Gasteiger partial charge in [0, 0.05) is 11.6 Å². The highest BCUT2D eigenvalue weighted by molar-refractivity contribution is 5.87. The fourth-order valence-electron chi connectivity index (χ4n) is 1.04. The Labute approximate surface area is 116 Å². The molecule has 0 radical (unpaired) electrons. The monoisotopic (exact) mass is 270 g/mol. The van der Waals surface area contributed by atoms with Gasteiger partial charge in [0.25, 0.3) is 0 Å². The molecule has 0 atom stereocenters. The minimum atomic E-state index is -0.981. The van der Waals surface area contributed by atoms with Gasteiger partial charge in [0.1, 0.15) is 5.60 Å². The van der Waals surface area contributed by atoms with Gasteiger partial charge in [0.2, 0.25) is 0 Å². The molecule has 0 rings (SSSR count). The normalized spacial score (nSPS) is 9.89. The number of carbonyl (C=O) groups excluding carboxylic acids is 1. The maximum Gasteiger partial charge on any atom is 0.333 e.